The van der Waals surface area contributed by atoms with Crippen LogP contribution < -0.4 is 18.5 Å². The molecule has 0 aliphatic heterocycles. The minimum absolute atomic E-state index is 0.0122. The number of hydrogen-bond donors (Lipinski definition) is 0. The van der Waals surface area contributed by atoms with Gasteiger partial charge in [0.2, 0.25) is 5.88 Å². The Morgan fingerprint density at radius 1 is 1.02 bits per heavy atom. The van der Waals surface area contributed by atoms with Crippen LogP contribution in [0.15, 0.2) is 82.7 Å². The largest absolute Gasteiger partial charge is 0.497 e. The molecule has 0 bridgehead atoms. The molecule has 2 aromatic heterocycles. The fourth-order valence-electron chi connectivity index (χ4n) is 5.58. The summed E-state index contributed by atoms with van der Waals surface area (Å²) < 4.78 is 86.3. The molecule has 0 saturated heterocycles. The normalized spacial score (nSPS) is 18.5. The van der Waals surface area contributed by atoms with Crippen LogP contribution in [-0.2, 0) is 22.7 Å². The summed E-state index contributed by atoms with van der Waals surface area (Å²) >= 11 is 3.44. The van der Waals surface area contributed by atoms with Crippen molar-refractivity contribution in [1.29, 1.82) is 0 Å². The van der Waals surface area contributed by atoms with E-state index in [0.29, 0.717) is 46.4 Å². The lowest BCUT2D eigenvalue weighted by Crippen LogP contribution is -2.32. The third-order valence-corrected chi connectivity index (χ3v) is 10.3. The summed E-state index contributed by atoms with van der Waals surface area (Å²) in [6.07, 6.45) is 1.17. The first-order valence-corrected chi connectivity index (χ1v) is 16.6. The van der Waals surface area contributed by atoms with Gasteiger partial charge < -0.3 is 14.2 Å². The number of hydrogen-bond acceptors (Lipinski definition) is 8. The van der Waals surface area contributed by atoms with Gasteiger partial charge in [0.15, 0.2) is 0 Å². The van der Waals surface area contributed by atoms with E-state index in [2.05, 4.69) is 30.9 Å². The van der Waals surface area contributed by atoms with Crippen LogP contribution in [0.2, 0.25) is 0 Å². The van der Waals surface area contributed by atoms with E-state index in [-0.39, 0.29) is 41.1 Å². The average Bonchev–Trinajstić information content (AvgIpc) is 3.05. The Hall–Kier alpha value is -3.91. The summed E-state index contributed by atoms with van der Waals surface area (Å²) in [7, 11) is -1.19. The van der Waals surface area contributed by atoms with Crippen LogP contribution in [0.3, 0.4) is 0 Å². The molecular weight excluding hydrogens is 689 g/mol. The second kappa shape index (κ2) is 13.8. The SMILES string of the molecule is COc1ccc(CN(c2ccncn2)S(=O)(=O)c2cnc(O[C@H]3CC[C@H](c4cccc(C(F)(F)F)c4)C[C@@H]3C)c(Br)c2)c(OC)c1. The maximum atomic E-state index is 14.1. The first-order valence-electron chi connectivity index (χ1n) is 14.4. The van der Waals surface area contributed by atoms with Crippen LogP contribution >= 0.6 is 15.9 Å². The Morgan fingerprint density at radius 3 is 2.48 bits per heavy atom. The minimum Gasteiger partial charge on any atom is -0.497 e. The molecular formula is C32H32BrF3N4O5S. The summed E-state index contributed by atoms with van der Waals surface area (Å²) in [6, 6.07) is 13.5. The highest BCUT2D eigenvalue weighted by Crippen LogP contribution is 2.41. The Morgan fingerprint density at radius 2 is 1.83 bits per heavy atom. The number of methoxy groups -OCH3 is 2. The van der Waals surface area contributed by atoms with Gasteiger partial charge >= 0.3 is 6.18 Å². The van der Waals surface area contributed by atoms with Gasteiger partial charge in [0.05, 0.1) is 37.0 Å². The molecule has 2 heterocycles. The number of rotatable bonds is 10. The molecule has 0 N–H and O–H groups in total. The van der Waals surface area contributed by atoms with E-state index in [4.69, 9.17) is 14.2 Å². The second-order valence-corrected chi connectivity index (χ2v) is 13.7. The van der Waals surface area contributed by atoms with Crippen LogP contribution in [-0.4, -0.2) is 43.7 Å². The van der Waals surface area contributed by atoms with Gasteiger partial charge in [-0.3, -0.25) is 0 Å². The second-order valence-electron chi connectivity index (χ2n) is 11.0. The van der Waals surface area contributed by atoms with Crippen LogP contribution in [0.25, 0.3) is 0 Å². The zero-order valence-corrected chi connectivity index (χ0v) is 27.6. The zero-order chi connectivity index (χ0) is 33.1. The van der Waals surface area contributed by atoms with Gasteiger partial charge in [-0.1, -0.05) is 25.1 Å². The van der Waals surface area contributed by atoms with Crippen LogP contribution in [0.5, 0.6) is 17.4 Å². The molecule has 2 aromatic carbocycles. The standard InChI is InChI=1S/C32H32BrF3N4O5S/c1-20-13-22(21-5-4-6-24(14-21)32(34,35)36)8-10-28(20)45-31-27(33)16-26(17-38-31)46(41,42)40(30-11-12-37-19-39-30)18-23-7-9-25(43-2)15-29(23)44-3/h4-7,9,11-12,14-17,19-20,22,28H,8,10,13,18H2,1-3H3/t20-,22-,28-/m0/s1. The number of ether oxygens (including phenoxy) is 3. The molecule has 3 atom stereocenters. The van der Waals surface area contributed by atoms with Crippen molar-refractivity contribution in [3.63, 3.8) is 0 Å². The van der Waals surface area contributed by atoms with Gasteiger partial charge in [-0.25, -0.2) is 27.7 Å². The summed E-state index contributed by atoms with van der Waals surface area (Å²) in [5, 5.41) is 0. The first kappa shape index (κ1) is 33.5. The average molecular weight is 722 g/mol. The zero-order valence-electron chi connectivity index (χ0n) is 25.2. The highest BCUT2D eigenvalue weighted by molar-refractivity contribution is 9.10. The van der Waals surface area contributed by atoms with E-state index in [1.54, 1.807) is 24.3 Å². The Bertz CT molecular complexity index is 1780. The van der Waals surface area contributed by atoms with E-state index >= 15 is 0 Å². The molecule has 9 nitrogen and oxygen atoms in total. The lowest BCUT2D eigenvalue weighted by Gasteiger charge is -2.34. The van der Waals surface area contributed by atoms with Crippen LogP contribution in [0.1, 0.15) is 48.8 Å². The quantitative estimate of drug-likeness (QED) is 0.167. The number of aromatic nitrogens is 3. The molecule has 244 valence electrons. The molecule has 1 fully saturated rings. The van der Waals surface area contributed by atoms with Crippen LogP contribution in [0.4, 0.5) is 19.0 Å². The first-order chi connectivity index (χ1) is 21.9. The predicted molar refractivity (Wildman–Crippen MR) is 168 cm³/mol. The molecule has 0 spiro atoms. The van der Waals surface area contributed by atoms with Crippen molar-refractivity contribution in [3.05, 3.63) is 94.5 Å². The third-order valence-electron chi connectivity index (χ3n) is 8.04. The molecule has 46 heavy (non-hydrogen) atoms. The smallest absolute Gasteiger partial charge is 0.416 e. The molecule has 0 radical (unpaired) electrons. The van der Waals surface area contributed by atoms with E-state index in [1.807, 2.05) is 6.92 Å². The maximum absolute atomic E-state index is 14.1. The lowest BCUT2D eigenvalue weighted by atomic mass is 9.77. The number of alkyl halides is 3. The van der Waals surface area contributed by atoms with Crippen molar-refractivity contribution in [3.8, 4) is 17.4 Å². The van der Waals surface area contributed by atoms with Crippen molar-refractivity contribution in [1.82, 2.24) is 15.0 Å². The summed E-state index contributed by atoms with van der Waals surface area (Å²) in [6.45, 7) is 1.89. The summed E-state index contributed by atoms with van der Waals surface area (Å²) in [4.78, 5) is 12.4. The number of pyridine rings is 1. The van der Waals surface area contributed by atoms with Gasteiger partial charge in [-0.05, 0) is 76.9 Å². The van der Waals surface area contributed by atoms with Gasteiger partial charge in [0, 0.05) is 23.9 Å². The Kier molecular flexibility index (Phi) is 10.1. The molecule has 1 aliphatic carbocycles. The topological polar surface area (TPSA) is 104 Å². The Labute approximate surface area is 273 Å². The summed E-state index contributed by atoms with van der Waals surface area (Å²) in [5.74, 6) is 1.35. The molecule has 0 unspecified atom stereocenters. The minimum atomic E-state index is -4.39. The monoisotopic (exact) mass is 720 g/mol. The van der Waals surface area contributed by atoms with E-state index in [9.17, 15) is 21.6 Å². The van der Waals surface area contributed by atoms with Crippen molar-refractivity contribution in [2.45, 2.75) is 55.8 Å². The van der Waals surface area contributed by atoms with E-state index < -0.39 is 21.8 Å². The van der Waals surface area contributed by atoms with Gasteiger partial charge in [-0.2, -0.15) is 13.2 Å². The lowest BCUT2D eigenvalue weighted by molar-refractivity contribution is -0.137. The van der Waals surface area contributed by atoms with Crippen molar-refractivity contribution in [2.24, 2.45) is 5.92 Å². The highest BCUT2D eigenvalue weighted by Gasteiger charge is 2.34. The molecule has 0 amide bonds. The van der Waals surface area contributed by atoms with E-state index in [1.165, 1.54) is 57.2 Å². The van der Waals surface area contributed by atoms with Crippen molar-refractivity contribution >= 4 is 31.8 Å². The number of halogens is 4. The fourth-order valence-corrected chi connectivity index (χ4v) is 7.54. The number of benzene rings is 2. The van der Waals surface area contributed by atoms with Crippen LogP contribution in [0, 0.1) is 5.92 Å². The van der Waals surface area contributed by atoms with Crippen molar-refractivity contribution < 1.29 is 35.8 Å². The van der Waals surface area contributed by atoms with Gasteiger partial charge in [0.25, 0.3) is 10.0 Å². The molecule has 1 aliphatic rings. The molecule has 5 rings (SSSR count). The molecule has 1 saturated carbocycles. The molecule has 4 aromatic rings. The summed E-state index contributed by atoms with van der Waals surface area (Å²) in [5.41, 5.74) is 0.585. The third kappa shape index (κ3) is 7.38. The van der Waals surface area contributed by atoms with E-state index in [0.717, 1.165) is 10.4 Å². The number of sulfonamides is 1. The maximum Gasteiger partial charge on any atom is 0.416 e. The number of anilines is 1. The highest BCUT2D eigenvalue weighted by atomic mass is 79.9. The fraction of sp³-hybridized carbons (Fsp3) is 0.344. The van der Waals surface area contributed by atoms with Gasteiger partial charge in [0.1, 0.15) is 34.6 Å². The Balaban J connectivity index is 1.35. The van der Waals surface area contributed by atoms with Crippen molar-refractivity contribution in [2.75, 3.05) is 18.5 Å². The molecule has 14 heteroatoms. The number of nitrogens with zero attached hydrogens (tertiary/aromatic N) is 4. The van der Waals surface area contributed by atoms with Gasteiger partial charge in [-0.15, -0.1) is 0 Å². The predicted octanol–water partition coefficient (Wildman–Crippen LogP) is 7.42.